The van der Waals surface area contributed by atoms with E-state index in [1.165, 1.54) is 12.1 Å². The van der Waals surface area contributed by atoms with E-state index in [1.807, 2.05) is 0 Å². The van der Waals surface area contributed by atoms with Crippen molar-refractivity contribution in [2.24, 2.45) is 0 Å². The quantitative estimate of drug-likeness (QED) is 0.708. The number of aliphatic hydroxyl groups excluding tert-OH is 1. The van der Waals surface area contributed by atoms with Gasteiger partial charge in [-0.2, -0.15) is 18.4 Å². The highest BCUT2D eigenvalue weighted by Gasteiger charge is 2.30. The number of nitriles is 1. The smallest absolute Gasteiger partial charge is 0.374 e. The van der Waals surface area contributed by atoms with E-state index >= 15 is 0 Å². The lowest BCUT2D eigenvalue weighted by Crippen LogP contribution is -2.06. The summed E-state index contributed by atoms with van der Waals surface area (Å²) in [4.78, 5) is 0. The zero-order chi connectivity index (χ0) is 10.8. The van der Waals surface area contributed by atoms with Gasteiger partial charge in [-0.15, -0.1) is 0 Å². The summed E-state index contributed by atoms with van der Waals surface area (Å²) in [7, 11) is 0. The van der Waals surface area contributed by atoms with Gasteiger partial charge in [-0.3, -0.25) is 0 Å². The summed E-state index contributed by atoms with van der Waals surface area (Å²) in [6.07, 6.45) is -5.97. The summed E-state index contributed by atoms with van der Waals surface area (Å²) in [5.41, 5.74) is -0.924. The second-order valence-electron chi connectivity index (χ2n) is 2.65. The number of hydrogen-bond acceptors (Lipinski definition) is 2. The topological polar surface area (TPSA) is 44.0 Å². The molecule has 14 heavy (non-hydrogen) atoms. The van der Waals surface area contributed by atoms with Gasteiger partial charge in [-0.25, -0.2) is 0 Å². The van der Waals surface area contributed by atoms with Gasteiger partial charge >= 0.3 is 6.18 Å². The lowest BCUT2D eigenvalue weighted by atomic mass is 10.1. The first-order valence-corrected chi connectivity index (χ1v) is 3.70. The van der Waals surface area contributed by atoms with Crippen molar-refractivity contribution in [2.75, 3.05) is 0 Å². The molecule has 1 N–H and O–H groups in total. The maximum absolute atomic E-state index is 12.2. The predicted molar refractivity (Wildman–Crippen MR) is 42.0 cm³/mol. The molecule has 1 rings (SSSR count). The van der Waals surface area contributed by atoms with Gasteiger partial charge in [0.2, 0.25) is 0 Å². The normalized spacial score (nSPS) is 13.4. The zero-order valence-electron chi connectivity index (χ0n) is 6.92. The van der Waals surface area contributed by atoms with E-state index < -0.39 is 17.8 Å². The third-order valence-corrected chi connectivity index (χ3v) is 1.65. The molecule has 0 bridgehead atoms. The van der Waals surface area contributed by atoms with E-state index in [2.05, 4.69) is 0 Å². The Labute approximate surface area is 78.2 Å². The minimum Gasteiger partial charge on any atom is -0.374 e. The molecule has 1 aromatic carbocycles. The number of nitrogens with zero attached hydrogens (tertiary/aromatic N) is 1. The van der Waals surface area contributed by atoms with E-state index in [9.17, 15) is 13.2 Å². The summed E-state index contributed by atoms with van der Waals surface area (Å²) in [5.74, 6) is 0. The lowest BCUT2D eigenvalue weighted by Gasteiger charge is -2.08. The summed E-state index contributed by atoms with van der Waals surface area (Å²) >= 11 is 0. The van der Waals surface area contributed by atoms with E-state index in [1.54, 1.807) is 0 Å². The molecule has 0 fully saturated rings. The van der Waals surface area contributed by atoms with Crippen LogP contribution in [0, 0.1) is 11.3 Å². The van der Waals surface area contributed by atoms with Crippen molar-refractivity contribution >= 4 is 0 Å². The van der Waals surface area contributed by atoms with Crippen molar-refractivity contribution in [1.82, 2.24) is 0 Å². The number of aliphatic hydroxyl groups is 1. The molecule has 0 heterocycles. The third kappa shape index (κ3) is 2.24. The van der Waals surface area contributed by atoms with Gasteiger partial charge < -0.3 is 5.11 Å². The molecule has 0 aromatic heterocycles. The molecule has 0 saturated heterocycles. The minimum atomic E-state index is -4.45. The summed E-state index contributed by atoms with van der Waals surface area (Å²) in [5, 5.41) is 17.3. The van der Waals surface area contributed by atoms with Crippen LogP contribution in [-0.4, -0.2) is 5.11 Å². The summed E-state index contributed by atoms with van der Waals surface area (Å²) < 4.78 is 36.5. The third-order valence-electron chi connectivity index (χ3n) is 1.65. The highest BCUT2D eigenvalue weighted by molar-refractivity contribution is 5.29. The second-order valence-corrected chi connectivity index (χ2v) is 2.65. The molecular formula is C9H6F3NO. The monoisotopic (exact) mass is 201 g/mol. The van der Waals surface area contributed by atoms with Gasteiger partial charge in [0.1, 0.15) is 0 Å². The molecule has 0 radical (unpaired) electrons. The fraction of sp³-hybridized carbons (Fsp3) is 0.222. The van der Waals surface area contributed by atoms with Crippen LogP contribution in [0.5, 0.6) is 0 Å². The largest absolute Gasteiger partial charge is 0.416 e. The minimum absolute atomic E-state index is 0.0534. The molecule has 1 aromatic rings. The van der Waals surface area contributed by atoms with Crippen LogP contribution < -0.4 is 0 Å². The van der Waals surface area contributed by atoms with Crippen molar-refractivity contribution in [3.8, 4) is 6.07 Å². The lowest BCUT2D eigenvalue weighted by molar-refractivity contribution is -0.137. The molecular weight excluding hydrogens is 195 g/mol. The maximum Gasteiger partial charge on any atom is 0.416 e. The number of alkyl halides is 3. The molecule has 74 valence electrons. The average Bonchev–Trinajstić information content (AvgIpc) is 2.15. The van der Waals surface area contributed by atoms with Gasteiger partial charge in [0.05, 0.1) is 11.6 Å². The Morgan fingerprint density at radius 1 is 1.36 bits per heavy atom. The first-order chi connectivity index (χ1) is 6.45. The Morgan fingerprint density at radius 2 is 2.00 bits per heavy atom. The van der Waals surface area contributed by atoms with Crippen LogP contribution in [0.3, 0.4) is 0 Å². The van der Waals surface area contributed by atoms with E-state index in [0.717, 1.165) is 18.2 Å². The molecule has 0 aliphatic rings. The van der Waals surface area contributed by atoms with Crippen molar-refractivity contribution < 1.29 is 18.3 Å². The number of rotatable bonds is 1. The highest BCUT2D eigenvalue weighted by atomic mass is 19.4. The van der Waals surface area contributed by atoms with Crippen molar-refractivity contribution in [3.05, 3.63) is 35.4 Å². The second kappa shape index (κ2) is 3.68. The van der Waals surface area contributed by atoms with Gasteiger partial charge in [0.25, 0.3) is 0 Å². The SMILES string of the molecule is N#CC(O)c1cccc(C(F)(F)F)c1. The summed E-state index contributed by atoms with van der Waals surface area (Å²) in [6.45, 7) is 0. The first-order valence-electron chi connectivity index (χ1n) is 3.70. The molecule has 2 nitrogen and oxygen atoms in total. The zero-order valence-corrected chi connectivity index (χ0v) is 6.92. The maximum atomic E-state index is 12.2. The van der Waals surface area contributed by atoms with E-state index in [0.29, 0.717) is 0 Å². The van der Waals surface area contributed by atoms with Crippen LogP contribution >= 0.6 is 0 Å². The standard InChI is InChI=1S/C9H6F3NO/c10-9(11,12)7-3-1-2-6(4-7)8(14)5-13/h1-4,8,14H. The van der Waals surface area contributed by atoms with Crippen LogP contribution in [0.1, 0.15) is 17.2 Å². The summed E-state index contributed by atoms with van der Waals surface area (Å²) in [6, 6.07) is 5.51. The molecule has 0 amide bonds. The van der Waals surface area contributed by atoms with Crippen molar-refractivity contribution in [2.45, 2.75) is 12.3 Å². The van der Waals surface area contributed by atoms with E-state index in [4.69, 9.17) is 10.4 Å². The molecule has 1 atom stereocenters. The van der Waals surface area contributed by atoms with Crippen LogP contribution in [0.2, 0.25) is 0 Å². The van der Waals surface area contributed by atoms with Crippen LogP contribution in [0.25, 0.3) is 0 Å². The van der Waals surface area contributed by atoms with Gasteiger partial charge in [0.15, 0.2) is 6.10 Å². The predicted octanol–water partition coefficient (Wildman–Crippen LogP) is 2.26. The molecule has 0 spiro atoms. The average molecular weight is 201 g/mol. The van der Waals surface area contributed by atoms with Crippen molar-refractivity contribution in [1.29, 1.82) is 5.26 Å². The molecule has 0 aliphatic carbocycles. The van der Waals surface area contributed by atoms with Crippen LogP contribution in [0.4, 0.5) is 13.2 Å². The Balaban J connectivity index is 3.09. The molecule has 5 heteroatoms. The number of hydrogen-bond donors (Lipinski definition) is 1. The number of benzene rings is 1. The fourth-order valence-corrected chi connectivity index (χ4v) is 0.960. The highest BCUT2D eigenvalue weighted by Crippen LogP contribution is 2.30. The fourth-order valence-electron chi connectivity index (χ4n) is 0.960. The first kappa shape index (κ1) is 10.5. The molecule has 0 saturated carbocycles. The molecule has 1 unspecified atom stereocenters. The van der Waals surface area contributed by atoms with E-state index in [-0.39, 0.29) is 5.56 Å². The molecule has 0 aliphatic heterocycles. The Kier molecular flexibility index (Phi) is 2.77. The Morgan fingerprint density at radius 3 is 2.50 bits per heavy atom. The van der Waals surface area contributed by atoms with Gasteiger partial charge in [0, 0.05) is 0 Å². The van der Waals surface area contributed by atoms with Gasteiger partial charge in [-0.05, 0) is 17.7 Å². The van der Waals surface area contributed by atoms with Crippen LogP contribution in [0.15, 0.2) is 24.3 Å². The Hall–Kier alpha value is -1.54. The van der Waals surface area contributed by atoms with Crippen LogP contribution in [-0.2, 0) is 6.18 Å². The Bertz CT molecular complexity index is 367. The van der Waals surface area contributed by atoms with Gasteiger partial charge in [-0.1, -0.05) is 12.1 Å². The number of halogens is 3. The van der Waals surface area contributed by atoms with Crippen molar-refractivity contribution in [3.63, 3.8) is 0 Å².